The van der Waals surface area contributed by atoms with Gasteiger partial charge in [-0.25, -0.2) is 0 Å². The smallest absolute Gasteiger partial charge is 0.242 e. The number of amides is 1. The molecule has 2 N–H and O–H groups in total. The van der Waals surface area contributed by atoms with Gasteiger partial charge in [-0.15, -0.1) is 0 Å². The molecule has 0 heterocycles. The van der Waals surface area contributed by atoms with Gasteiger partial charge in [-0.2, -0.15) is 0 Å². The first-order chi connectivity index (χ1) is 8.90. The van der Waals surface area contributed by atoms with Crippen LogP contribution in [0, 0.1) is 0 Å². The zero-order valence-corrected chi connectivity index (χ0v) is 11.8. The Labute approximate surface area is 114 Å². The molecule has 104 valence electrons. The fraction of sp³-hybridized carbons (Fsp3) is 0.533. The molecule has 1 saturated carbocycles. The SMILES string of the molecule is CC(C)Oc1ccc(CN(C)C(=O)C2(N)CC2)cc1. The highest BCUT2D eigenvalue weighted by atomic mass is 16.5. The number of likely N-dealkylation sites (N-methyl/N-ethyl adjacent to an activating group) is 1. The predicted octanol–water partition coefficient (Wildman–Crippen LogP) is 1.92. The second kappa shape index (κ2) is 5.21. The van der Waals surface area contributed by atoms with Crippen molar-refractivity contribution in [2.75, 3.05) is 7.05 Å². The van der Waals surface area contributed by atoms with Crippen molar-refractivity contribution >= 4 is 5.91 Å². The second-order valence-corrected chi connectivity index (χ2v) is 5.63. The summed E-state index contributed by atoms with van der Waals surface area (Å²) in [5, 5.41) is 0. The van der Waals surface area contributed by atoms with E-state index in [0.29, 0.717) is 6.54 Å². The van der Waals surface area contributed by atoms with E-state index in [-0.39, 0.29) is 12.0 Å². The second-order valence-electron chi connectivity index (χ2n) is 5.63. The summed E-state index contributed by atoms with van der Waals surface area (Å²) < 4.78 is 5.59. The number of nitrogens with two attached hydrogens (primary N) is 1. The van der Waals surface area contributed by atoms with Crippen molar-refractivity contribution < 1.29 is 9.53 Å². The van der Waals surface area contributed by atoms with E-state index in [2.05, 4.69) is 0 Å². The Morgan fingerprint density at radius 2 is 1.95 bits per heavy atom. The Bertz CT molecular complexity index is 450. The largest absolute Gasteiger partial charge is 0.491 e. The molecule has 4 nitrogen and oxygen atoms in total. The highest BCUT2D eigenvalue weighted by Gasteiger charge is 2.47. The summed E-state index contributed by atoms with van der Waals surface area (Å²) in [6, 6.07) is 7.83. The molecule has 2 rings (SSSR count). The van der Waals surface area contributed by atoms with Crippen LogP contribution in [0.5, 0.6) is 5.75 Å². The third-order valence-corrected chi connectivity index (χ3v) is 3.28. The molecule has 1 aromatic rings. The van der Waals surface area contributed by atoms with Crippen molar-refractivity contribution in [2.24, 2.45) is 5.73 Å². The third-order valence-electron chi connectivity index (χ3n) is 3.28. The van der Waals surface area contributed by atoms with E-state index in [0.717, 1.165) is 24.2 Å². The summed E-state index contributed by atoms with van der Waals surface area (Å²) in [6.07, 6.45) is 1.77. The van der Waals surface area contributed by atoms with E-state index in [4.69, 9.17) is 10.5 Å². The lowest BCUT2D eigenvalue weighted by molar-refractivity contribution is -0.132. The minimum absolute atomic E-state index is 0.0370. The van der Waals surface area contributed by atoms with E-state index in [1.54, 1.807) is 11.9 Å². The summed E-state index contributed by atoms with van der Waals surface area (Å²) in [6.45, 7) is 4.58. The molecular formula is C15H22N2O2. The van der Waals surface area contributed by atoms with Gasteiger partial charge < -0.3 is 15.4 Å². The molecule has 0 aliphatic heterocycles. The Balaban J connectivity index is 1.93. The standard InChI is InChI=1S/C15H22N2O2/c1-11(2)19-13-6-4-12(5-7-13)10-17(3)14(18)15(16)8-9-15/h4-7,11H,8-10,16H2,1-3H3. The lowest BCUT2D eigenvalue weighted by Crippen LogP contribution is -2.43. The average molecular weight is 262 g/mol. The molecule has 0 radical (unpaired) electrons. The topological polar surface area (TPSA) is 55.6 Å². The zero-order valence-electron chi connectivity index (χ0n) is 11.8. The van der Waals surface area contributed by atoms with Crippen LogP contribution in [-0.4, -0.2) is 29.5 Å². The van der Waals surface area contributed by atoms with Crippen LogP contribution in [0.15, 0.2) is 24.3 Å². The van der Waals surface area contributed by atoms with E-state index < -0.39 is 5.54 Å². The molecule has 1 aliphatic carbocycles. The summed E-state index contributed by atoms with van der Waals surface area (Å²) in [4.78, 5) is 13.7. The molecule has 1 amide bonds. The van der Waals surface area contributed by atoms with Crippen molar-refractivity contribution in [3.63, 3.8) is 0 Å². The Morgan fingerprint density at radius 3 is 2.42 bits per heavy atom. The van der Waals surface area contributed by atoms with Crippen molar-refractivity contribution in [1.29, 1.82) is 0 Å². The molecule has 0 spiro atoms. The highest BCUT2D eigenvalue weighted by molar-refractivity contribution is 5.88. The van der Waals surface area contributed by atoms with Gasteiger partial charge in [0.1, 0.15) is 5.75 Å². The first kappa shape index (κ1) is 13.9. The van der Waals surface area contributed by atoms with Gasteiger partial charge in [0, 0.05) is 13.6 Å². The van der Waals surface area contributed by atoms with Crippen LogP contribution >= 0.6 is 0 Å². The van der Waals surface area contributed by atoms with Gasteiger partial charge in [0.15, 0.2) is 0 Å². The predicted molar refractivity (Wildman–Crippen MR) is 74.8 cm³/mol. The van der Waals surface area contributed by atoms with Crippen LogP contribution < -0.4 is 10.5 Å². The van der Waals surface area contributed by atoms with Crippen LogP contribution in [-0.2, 0) is 11.3 Å². The van der Waals surface area contributed by atoms with E-state index >= 15 is 0 Å². The van der Waals surface area contributed by atoms with Crippen molar-refractivity contribution in [2.45, 2.75) is 44.9 Å². The van der Waals surface area contributed by atoms with Gasteiger partial charge in [0.05, 0.1) is 11.6 Å². The van der Waals surface area contributed by atoms with Gasteiger partial charge >= 0.3 is 0 Å². The molecule has 1 aliphatic rings. The molecule has 0 saturated heterocycles. The molecule has 0 atom stereocenters. The molecule has 1 fully saturated rings. The first-order valence-corrected chi connectivity index (χ1v) is 6.71. The lowest BCUT2D eigenvalue weighted by Gasteiger charge is -2.21. The number of carbonyl (C=O) groups excluding carboxylic acids is 1. The zero-order chi connectivity index (χ0) is 14.0. The van der Waals surface area contributed by atoms with Gasteiger partial charge in [-0.1, -0.05) is 12.1 Å². The number of rotatable bonds is 5. The number of hydrogen-bond donors (Lipinski definition) is 1. The third kappa shape index (κ3) is 3.47. The van der Waals surface area contributed by atoms with Crippen molar-refractivity contribution in [3.8, 4) is 5.75 Å². The van der Waals surface area contributed by atoms with Crippen molar-refractivity contribution in [1.82, 2.24) is 4.90 Å². The van der Waals surface area contributed by atoms with Crippen LogP contribution in [0.1, 0.15) is 32.3 Å². The van der Waals surface area contributed by atoms with Gasteiger partial charge in [0.25, 0.3) is 0 Å². The summed E-state index contributed by atoms with van der Waals surface area (Å²) >= 11 is 0. The van der Waals surface area contributed by atoms with Crippen molar-refractivity contribution in [3.05, 3.63) is 29.8 Å². The van der Waals surface area contributed by atoms with Crippen LogP contribution in [0.3, 0.4) is 0 Å². The number of benzene rings is 1. The summed E-state index contributed by atoms with van der Waals surface area (Å²) in [7, 11) is 1.80. The number of carbonyl (C=O) groups is 1. The van der Waals surface area contributed by atoms with E-state index in [1.807, 2.05) is 38.1 Å². The van der Waals surface area contributed by atoms with Gasteiger partial charge in [-0.05, 0) is 44.4 Å². The number of nitrogens with zero attached hydrogens (tertiary/aromatic N) is 1. The average Bonchev–Trinajstić information content (AvgIpc) is 3.09. The minimum atomic E-state index is -0.588. The van der Waals surface area contributed by atoms with E-state index in [1.165, 1.54) is 0 Å². The quantitative estimate of drug-likeness (QED) is 0.882. The molecule has 0 unspecified atom stereocenters. The number of ether oxygens (including phenoxy) is 1. The van der Waals surface area contributed by atoms with Crippen LogP contribution in [0.2, 0.25) is 0 Å². The lowest BCUT2D eigenvalue weighted by atomic mass is 10.2. The minimum Gasteiger partial charge on any atom is -0.491 e. The normalized spacial score (nSPS) is 16.3. The maximum absolute atomic E-state index is 12.0. The maximum atomic E-state index is 12.0. The van der Waals surface area contributed by atoms with E-state index in [9.17, 15) is 4.79 Å². The first-order valence-electron chi connectivity index (χ1n) is 6.71. The molecule has 19 heavy (non-hydrogen) atoms. The molecule has 0 aromatic heterocycles. The molecule has 4 heteroatoms. The van der Waals surface area contributed by atoms with Gasteiger partial charge in [-0.3, -0.25) is 4.79 Å². The summed E-state index contributed by atoms with van der Waals surface area (Å²) in [5.74, 6) is 0.889. The number of hydrogen-bond acceptors (Lipinski definition) is 3. The Morgan fingerprint density at radius 1 is 1.37 bits per heavy atom. The fourth-order valence-corrected chi connectivity index (χ4v) is 2.02. The Hall–Kier alpha value is -1.55. The fourth-order valence-electron chi connectivity index (χ4n) is 2.02. The molecule has 1 aromatic carbocycles. The van der Waals surface area contributed by atoms with Crippen LogP contribution in [0.4, 0.5) is 0 Å². The Kier molecular flexibility index (Phi) is 3.80. The molecular weight excluding hydrogens is 240 g/mol. The van der Waals surface area contributed by atoms with Gasteiger partial charge in [0.2, 0.25) is 5.91 Å². The monoisotopic (exact) mass is 262 g/mol. The summed E-state index contributed by atoms with van der Waals surface area (Å²) in [5.41, 5.74) is 6.40. The molecule has 0 bridgehead atoms. The maximum Gasteiger partial charge on any atom is 0.242 e. The van der Waals surface area contributed by atoms with Crippen LogP contribution in [0.25, 0.3) is 0 Å². The highest BCUT2D eigenvalue weighted by Crippen LogP contribution is 2.34.